The van der Waals surface area contributed by atoms with Gasteiger partial charge in [0.05, 0.1) is 11.6 Å². The van der Waals surface area contributed by atoms with Crippen molar-refractivity contribution in [3.8, 4) is 0 Å². The number of amides is 3. The number of hydrogen-bond acceptors (Lipinski definition) is 4. The van der Waals surface area contributed by atoms with E-state index in [-0.39, 0.29) is 29.7 Å². The number of urea groups is 1. The van der Waals surface area contributed by atoms with Gasteiger partial charge in [0.2, 0.25) is 5.91 Å². The molecule has 3 amide bonds. The minimum Gasteiger partial charge on any atom is -0.366 e. The van der Waals surface area contributed by atoms with Gasteiger partial charge in [0.1, 0.15) is 11.6 Å². The number of halogens is 1. The number of rotatable bonds is 3. The summed E-state index contributed by atoms with van der Waals surface area (Å²) in [5.41, 5.74) is 6.47. The largest absolute Gasteiger partial charge is 0.366 e. The van der Waals surface area contributed by atoms with E-state index in [9.17, 15) is 14.0 Å². The first-order valence-electron chi connectivity index (χ1n) is 9.59. The lowest BCUT2D eigenvalue weighted by molar-refractivity contribution is 0.1000. The summed E-state index contributed by atoms with van der Waals surface area (Å²) < 4.78 is 13.9. The molecule has 2 aliphatic heterocycles. The second-order valence-corrected chi connectivity index (χ2v) is 7.93. The van der Waals surface area contributed by atoms with E-state index < -0.39 is 5.91 Å². The van der Waals surface area contributed by atoms with Crippen LogP contribution >= 0.6 is 0 Å². The topological polar surface area (TPSA) is 82.8 Å². The van der Waals surface area contributed by atoms with Crippen LogP contribution in [0.15, 0.2) is 42.6 Å². The molecule has 3 heterocycles. The molecule has 0 aliphatic carbocycles. The predicted molar refractivity (Wildman–Crippen MR) is 107 cm³/mol. The minimum absolute atomic E-state index is 0.0656. The lowest BCUT2D eigenvalue weighted by Crippen LogP contribution is -2.41. The molecule has 0 saturated carbocycles. The number of carbonyl (C=O) groups is 2. The monoisotopic (exact) mass is 397 g/mol. The summed E-state index contributed by atoms with van der Waals surface area (Å²) in [4.78, 5) is 34.0. The summed E-state index contributed by atoms with van der Waals surface area (Å²) in [6.07, 6.45) is 1.48. The number of anilines is 1. The summed E-state index contributed by atoms with van der Waals surface area (Å²) in [5.74, 6) is 0.379. The molecule has 7 nitrogen and oxygen atoms in total. The highest BCUT2D eigenvalue weighted by Crippen LogP contribution is 2.46. The van der Waals surface area contributed by atoms with Crippen molar-refractivity contribution in [2.45, 2.75) is 6.04 Å². The van der Waals surface area contributed by atoms with Gasteiger partial charge in [-0.1, -0.05) is 12.1 Å². The number of carbonyl (C=O) groups excluding carboxylic acids is 2. The van der Waals surface area contributed by atoms with Crippen LogP contribution in [0.3, 0.4) is 0 Å². The Hall–Kier alpha value is -3.16. The third-order valence-electron chi connectivity index (χ3n) is 5.84. The number of nitrogens with two attached hydrogens (primary N) is 1. The molecule has 2 saturated heterocycles. The molecular formula is C21H24FN5O2. The summed E-state index contributed by atoms with van der Waals surface area (Å²) in [7, 11) is 3.46. The third-order valence-corrected chi connectivity index (χ3v) is 5.84. The summed E-state index contributed by atoms with van der Waals surface area (Å²) in [5, 5.41) is 0. The van der Waals surface area contributed by atoms with Crippen LogP contribution in [0.25, 0.3) is 0 Å². The van der Waals surface area contributed by atoms with Gasteiger partial charge in [0, 0.05) is 51.8 Å². The molecule has 0 unspecified atom stereocenters. The van der Waals surface area contributed by atoms with E-state index in [1.165, 1.54) is 18.3 Å². The number of hydrogen-bond donors (Lipinski definition) is 1. The van der Waals surface area contributed by atoms with Crippen LogP contribution in [0, 0.1) is 17.7 Å². The highest BCUT2D eigenvalue weighted by Gasteiger charge is 2.49. The number of aromatic nitrogens is 1. The van der Waals surface area contributed by atoms with Gasteiger partial charge in [-0.15, -0.1) is 0 Å². The van der Waals surface area contributed by atoms with Crippen molar-refractivity contribution in [1.29, 1.82) is 0 Å². The number of likely N-dealkylation sites (tertiary alicyclic amines) is 1. The molecule has 0 spiro atoms. The first kappa shape index (κ1) is 19.2. The third kappa shape index (κ3) is 3.50. The Bertz CT molecular complexity index is 933. The Morgan fingerprint density at radius 1 is 1.17 bits per heavy atom. The molecule has 1 aromatic heterocycles. The van der Waals surface area contributed by atoms with Crippen LogP contribution < -0.4 is 10.6 Å². The summed E-state index contributed by atoms with van der Waals surface area (Å²) >= 11 is 0. The first-order chi connectivity index (χ1) is 13.8. The quantitative estimate of drug-likeness (QED) is 0.860. The number of nitrogens with zero attached hydrogens (tertiary/aromatic N) is 4. The fourth-order valence-corrected chi connectivity index (χ4v) is 4.52. The van der Waals surface area contributed by atoms with Gasteiger partial charge in [0.25, 0.3) is 0 Å². The van der Waals surface area contributed by atoms with Crippen LogP contribution in [-0.4, -0.2) is 60.5 Å². The van der Waals surface area contributed by atoms with Gasteiger partial charge < -0.3 is 20.4 Å². The van der Waals surface area contributed by atoms with Gasteiger partial charge in [-0.05, 0) is 29.8 Å². The van der Waals surface area contributed by atoms with E-state index >= 15 is 0 Å². The summed E-state index contributed by atoms with van der Waals surface area (Å²) in [6, 6.07) is 9.71. The van der Waals surface area contributed by atoms with Crippen LogP contribution in [0.1, 0.15) is 22.0 Å². The van der Waals surface area contributed by atoms with Gasteiger partial charge in [-0.3, -0.25) is 4.79 Å². The maximum absolute atomic E-state index is 13.9. The molecule has 2 N–H and O–H groups in total. The maximum Gasteiger partial charge on any atom is 0.320 e. The lowest BCUT2D eigenvalue weighted by Gasteiger charge is -2.32. The van der Waals surface area contributed by atoms with Crippen molar-refractivity contribution < 1.29 is 14.0 Å². The van der Waals surface area contributed by atoms with E-state index in [1.54, 1.807) is 37.2 Å². The fraction of sp³-hybridized carbons (Fsp3) is 0.381. The molecule has 1 aromatic carbocycles. The normalized spacial score (nSPS) is 23.2. The Balaban J connectivity index is 1.61. The maximum atomic E-state index is 13.9. The van der Waals surface area contributed by atoms with Crippen LogP contribution in [0.5, 0.6) is 0 Å². The Labute approximate surface area is 168 Å². The van der Waals surface area contributed by atoms with E-state index in [0.717, 1.165) is 17.9 Å². The minimum atomic E-state index is -0.508. The van der Waals surface area contributed by atoms with Crippen LogP contribution in [-0.2, 0) is 0 Å². The molecule has 152 valence electrons. The van der Waals surface area contributed by atoms with Crippen molar-refractivity contribution in [3.63, 3.8) is 0 Å². The zero-order valence-corrected chi connectivity index (χ0v) is 16.5. The molecule has 0 bridgehead atoms. The average Bonchev–Trinajstić information content (AvgIpc) is 3.25. The molecule has 29 heavy (non-hydrogen) atoms. The summed E-state index contributed by atoms with van der Waals surface area (Å²) in [6.45, 7) is 2.06. The van der Waals surface area contributed by atoms with Gasteiger partial charge in [-0.2, -0.15) is 0 Å². The SMILES string of the molecule is CN(C)C(=O)N1C[C@H]2CN(c3ccc(C(N)=O)cn3)C[C@H]2[C@@H]1c1cccc(F)c1. The van der Waals surface area contributed by atoms with Gasteiger partial charge in [-0.25, -0.2) is 14.2 Å². The number of benzene rings is 1. The zero-order chi connectivity index (χ0) is 20.7. The molecule has 3 atom stereocenters. The van der Waals surface area contributed by atoms with E-state index in [2.05, 4.69) is 9.88 Å². The first-order valence-corrected chi connectivity index (χ1v) is 9.59. The molecule has 2 aliphatic rings. The second-order valence-electron chi connectivity index (χ2n) is 7.93. The second kappa shape index (κ2) is 7.35. The van der Waals surface area contributed by atoms with E-state index in [4.69, 9.17) is 5.73 Å². The number of pyridine rings is 1. The Morgan fingerprint density at radius 2 is 1.97 bits per heavy atom. The van der Waals surface area contributed by atoms with Crippen molar-refractivity contribution in [1.82, 2.24) is 14.8 Å². The smallest absolute Gasteiger partial charge is 0.320 e. The molecule has 2 fully saturated rings. The Kier molecular flexibility index (Phi) is 4.86. The standard InChI is InChI=1S/C21H24FN5O2/c1-25(2)21(29)27-11-15-10-26(18-7-6-14(9-24-18)20(23)28)12-17(15)19(27)13-4-3-5-16(22)8-13/h3-9,15,17,19H,10-12H2,1-2H3,(H2,23,28)/t15-,17-,19+/m1/s1. The number of primary amides is 1. The van der Waals surface area contributed by atoms with Crippen molar-refractivity contribution >= 4 is 17.8 Å². The molecule has 2 aromatic rings. The highest BCUT2D eigenvalue weighted by molar-refractivity contribution is 5.92. The number of fused-ring (bicyclic) bond motifs is 1. The van der Waals surface area contributed by atoms with Crippen LogP contribution in [0.2, 0.25) is 0 Å². The van der Waals surface area contributed by atoms with E-state index in [1.807, 2.05) is 11.0 Å². The molecular weight excluding hydrogens is 373 g/mol. The molecule has 8 heteroatoms. The Morgan fingerprint density at radius 3 is 2.59 bits per heavy atom. The zero-order valence-electron chi connectivity index (χ0n) is 16.5. The van der Waals surface area contributed by atoms with E-state index in [0.29, 0.717) is 18.7 Å². The van der Waals surface area contributed by atoms with Gasteiger partial charge >= 0.3 is 6.03 Å². The molecule has 4 rings (SSSR count). The lowest BCUT2D eigenvalue weighted by atomic mass is 9.89. The highest BCUT2D eigenvalue weighted by atomic mass is 19.1. The fourth-order valence-electron chi connectivity index (χ4n) is 4.52. The van der Waals surface area contributed by atoms with Gasteiger partial charge in [0.15, 0.2) is 0 Å². The average molecular weight is 397 g/mol. The van der Waals surface area contributed by atoms with Crippen LogP contribution in [0.4, 0.5) is 15.0 Å². The van der Waals surface area contributed by atoms with Crippen molar-refractivity contribution in [2.24, 2.45) is 17.6 Å². The van der Waals surface area contributed by atoms with Crippen molar-refractivity contribution in [3.05, 3.63) is 59.5 Å². The van der Waals surface area contributed by atoms with Crippen molar-refractivity contribution in [2.75, 3.05) is 38.6 Å². The predicted octanol–water partition coefficient (Wildman–Crippen LogP) is 2.11. The molecule has 0 radical (unpaired) electrons.